The number of hydrogen-bond acceptors (Lipinski definition) is 4. The first-order valence-corrected chi connectivity index (χ1v) is 5.94. The number of nitrogen functional groups attached to an aromatic ring is 1. The summed E-state index contributed by atoms with van der Waals surface area (Å²) in [6, 6.07) is 5.20. The van der Waals surface area contributed by atoms with Crippen molar-refractivity contribution in [3.05, 3.63) is 40.0 Å². The summed E-state index contributed by atoms with van der Waals surface area (Å²) < 4.78 is 37.8. The van der Waals surface area contributed by atoms with Crippen molar-refractivity contribution in [3.63, 3.8) is 0 Å². The summed E-state index contributed by atoms with van der Waals surface area (Å²) in [5, 5.41) is 3.30. The standard InChI is InChI=1S/C11H7Cl2F3N4/c12-5-1-6(13)3-7(2-5)18-9-4-8(11(14,15)16)19-10(17)20-9/h1-4H,(H3,17,18,19,20). The van der Waals surface area contributed by atoms with Crippen molar-refractivity contribution < 1.29 is 13.2 Å². The van der Waals surface area contributed by atoms with Gasteiger partial charge in [0.25, 0.3) is 0 Å². The predicted octanol–water partition coefficient (Wildman–Crippen LogP) is 4.13. The van der Waals surface area contributed by atoms with Crippen molar-refractivity contribution in [2.75, 3.05) is 11.1 Å². The number of benzene rings is 1. The Bertz CT molecular complexity index is 626. The smallest absolute Gasteiger partial charge is 0.368 e. The summed E-state index contributed by atoms with van der Waals surface area (Å²) >= 11 is 11.6. The highest BCUT2D eigenvalue weighted by Crippen LogP contribution is 2.30. The topological polar surface area (TPSA) is 63.8 Å². The van der Waals surface area contributed by atoms with E-state index in [0.717, 1.165) is 6.07 Å². The number of nitrogens with one attached hydrogen (secondary N) is 1. The minimum absolute atomic E-state index is 0.108. The number of halogens is 5. The number of anilines is 3. The molecule has 0 spiro atoms. The second-order valence-corrected chi connectivity index (χ2v) is 4.65. The maximum atomic E-state index is 12.6. The molecule has 1 aromatic carbocycles. The van der Waals surface area contributed by atoms with Gasteiger partial charge in [-0.1, -0.05) is 23.2 Å². The van der Waals surface area contributed by atoms with Crippen LogP contribution in [0, 0.1) is 0 Å². The number of aromatic nitrogens is 2. The average Bonchev–Trinajstić information content (AvgIpc) is 2.25. The van der Waals surface area contributed by atoms with Crippen molar-refractivity contribution in [1.82, 2.24) is 9.97 Å². The summed E-state index contributed by atoms with van der Waals surface area (Å²) in [6.45, 7) is 0. The first-order chi connectivity index (χ1) is 9.24. The molecule has 0 aliphatic rings. The highest BCUT2D eigenvalue weighted by Gasteiger charge is 2.33. The van der Waals surface area contributed by atoms with Crippen molar-refractivity contribution in [2.24, 2.45) is 0 Å². The molecule has 0 unspecified atom stereocenters. The van der Waals surface area contributed by atoms with Gasteiger partial charge in [-0.25, -0.2) is 4.98 Å². The number of alkyl halides is 3. The molecule has 0 amide bonds. The fraction of sp³-hybridized carbons (Fsp3) is 0.0909. The molecule has 1 aromatic heterocycles. The number of nitrogens with two attached hydrogens (primary N) is 1. The molecule has 2 aromatic rings. The van der Waals surface area contributed by atoms with Gasteiger partial charge in [0.05, 0.1) is 0 Å². The first-order valence-electron chi connectivity index (χ1n) is 5.19. The molecule has 0 aliphatic carbocycles. The Balaban J connectivity index is 2.36. The van der Waals surface area contributed by atoms with Crippen molar-refractivity contribution in [1.29, 1.82) is 0 Å². The zero-order valence-electron chi connectivity index (χ0n) is 9.67. The molecule has 2 rings (SSSR count). The van der Waals surface area contributed by atoms with Gasteiger partial charge >= 0.3 is 6.18 Å². The van der Waals surface area contributed by atoms with E-state index in [2.05, 4.69) is 15.3 Å². The second kappa shape index (κ2) is 5.34. The lowest BCUT2D eigenvalue weighted by molar-refractivity contribution is -0.141. The zero-order chi connectivity index (χ0) is 14.9. The Morgan fingerprint density at radius 3 is 2.15 bits per heavy atom. The Hall–Kier alpha value is -1.73. The summed E-state index contributed by atoms with van der Waals surface area (Å²) in [4.78, 5) is 6.80. The van der Waals surface area contributed by atoms with E-state index in [4.69, 9.17) is 28.9 Å². The van der Waals surface area contributed by atoms with Crippen LogP contribution < -0.4 is 11.1 Å². The van der Waals surface area contributed by atoms with Gasteiger partial charge in [0.15, 0.2) is 5.69 Å². The molecular formula is C11H7Cl2F3N4. The van der Waals surface area contributed by atoms with Crippen molar-refractivity contribution in [3.8, 4) is 0 Å². The van der Waals surface area contributed by atoms with Crippen LogP contribution in [0.5, 0.6) is 0 Å². The highest BCUT2D eigenvalue weighted by atomic mass is 35.5. The van der Waals surface area contributed by atoms with Crippen LogP contribution in [-0.2, 0) is 6.18 Å². The molecule has 9 heteroatoms. The third kappa shape index (κ3) is 3.64. The fourth-order valence-electron chi connectivity index (χ4n) is 1.45. The van der Waals surface area contributed by atoms with E-state index in [0.29, 0.717) is 15.7 Å². The summed E-state index contributed by atoms with van der Waals surface area (Å²) in [5.74, 6) is -0.599. The van der Waals surface area contributed by atoms with Crippen LogP contribution >= 0.6 is 23.2 Å². The van der Waals surface area contributed by atoms with Gasteiger partial charge in [-0.15, -0.1) is 0 Å². The van der Waals surface area contributed by atoms with Crippen molar-refractivity contribution in [2.45, 2.75) is 6.18 Å². The number of hydrogen-bond donors (Lipinski definition) is 2. The van der Waals surface area contributed by atoms with Crippen molar-refractivity contribution >= 4 is 40.7 Å². The van der Waals surface area contributed by atoms with Gasteiger partial charge in [-0.05, 0) is 18.2 Å². The van der Waals surface area contributed by atoms with E-state index < -0.39 is 17.8 Å². The lowest BCUT2D eigenvalue weighted by atomic mass is 10.3. The molecule has 4 nitrogen and oxygen atoms in total. The number of rotatable bonds is 2. The van der Waals surface area contributed by atoms with E-state index in [1.54, 1.807) is 0 Å². The molecule has 0 radical (unpaired) electrons. The van der Waals surface area contributed by atoms with Crippen LogP contribution in [0.15, 0.2) is 24.3 Å². The molecule has 0 atom stereocenters. The molecule has 0 saturated heterocycles. The fourth-order valence-corrected chi connectivity index (χ4v) is 1.98. The van der Waals surface area contributed by atoms with Gasteiger partial charge in [-0.3, -0.25) is 0 Å². The van der Waals surface area contributed by atoms with Gasteiger partial charge in [0.1, 0.15) is 5.82 Å². The Kier molecular flexibility index (Phi) is 3.92. The van der Waals surface area contributed by atoms with E-state index in [9.17, 15) is 13.2 Å². The lowest BCUT2D eigenvalue weighted by Crippen LogP contribution is -2.12. The van der Waals surface area contributed by atoms with E-state index in [-0.39, 0.29) is 5.82 Å². The van der Waals surface area contributed by atoms with E-state index >= 15 is 0 Å². The molecular weight excluding hydrogens is 316 g/mol. The monoisotopic (exact) mass is 322 g/mol. The average molecular weight is 323 g/mol. The third-order valence-corrected chi connectivity index (χ3v) is 2.61. The second-order valence-electron chi connectivity index (χ2n) is 3.78. The van der Waals surface area contributed by atoms with Gasteiger partial charge < -0.3 is 11.1 Å². The Morgan fingerprint density at radius 1 is 1.00 bits per heavy atom. The van der Waals surface area contributed by atoms with Crippen LogP contribution in [0.3, 0.4) is 0 Å². The molecule has 3 N–H and O–H groups in total. The molecule has 0 aliphatic heterocycles. The van der Waals surface area contributed by atoms with Gasteiger partial charge in [0, 0.05) is 21.8 Å². The molecule has 1 heterocycles. The lowest BCUT2D eigenvalue weighted by Gasteiger charge is -2.10. The van der Waals surface area contributed by atoms with E-state index in [1.807, 2.05) is 0 Å². The molecule has 20 heavy (non-hydrogen) atoms. The number of nitrogens with zero attached hydrogens (tertiary/aromatic N) is 2. The Labute approximate surface area is 121 Å². The SMILES string of the molecule is Nc1nc(Nc2cc(Cl)cc(Cl)c2)cc(C(F)(F)F)n1. The largest absolute Gasteiger partial charge is 0.433 e. The van der Waals surface area contributed by atoms with E-state index in [1.165, 1.54) is 18.2 Å². The normalized spacial score (nSPS) is 11.4. The maximum Gasteiger partial charge on any atom is 0.433 e. The maximum absolute atomic E-state index is 12.6. The van der Waals surface area contributed by atoms with Crippen LogP contribution in [0.2, 0.25) is 10.0 Å². The van der Waals surface area contributed by atoms with Crippen LogP contribution in [-0.4, -0.2) is 9.97 Å². The highest BCUT2D eigenvalue weighted by molar-refractivity contribution is 6.35. The van der Waals surface area contributed by atoms with Gasteiger partial charge in [0.2, 0.25) is 5.95 Å². The summed E-state index contributed by atoms with van der Waals surface area (Å²) in [7, 11) is 0. The van der Waals surface area contributed by atoms with Crippen LogP contribution in [0.4, 0.5) is 30.6 Å². The van der Waals surface area contributed by atoms with Crippen LogP contribution in [0.25, 0.3) is 0 Å². The molecule has 0 saturated carbocycles. The molecule has 106 valence electrons. The molecule has 0 bridgehead atoms. The van der Waals surface area contributed by atoms with Gasteiger partial charge in [-0.2, -0.15) is 18.2 Å². The summed E-state index contributed by atoms with van der Waals surface area (Å²) in [6.07, 6.45) is -4.61. The minimum Gasteiger partial charge on any atom is -0.368 e. The summed E-state index contributed by atoms with van der Waals surface area (Å²) in [5.41, 5.74) is 4.50. The molecule has 0 fully saturated rings. The minimum atomic E-state index is -4.61. The quantitative estimate of drug-likeness (QED) is 0.872. The zero-order valence-corrected chi connectivity index (χ0v) is 11.2. The van der Waals surface area contributed by atoms with Crippen LogP contribution in [0.1, 0.15) is 5.69 Å². The Morgan fingerprint density at radius 2 is 1.60 bits per heavy atom. The predicted molar refractivity (Wildman–Crippen MR) is 71.2 cm³/mol. The first kappa shape index (κ1) is 14.7. The third-order valence-electron chi connectivity index (χ3n) is 2.17.